The van der Waals surface area contributed by atoms with Crippen molar-refractivity contribution in [1.82, 2.24) is 10.2 Å². The number of benzene rings is 1. The van der Waals surface area contributed by atoms with E-state index in [-0.39, 0.29) is 30.2 Å². The minimum atomic E-state index is -0.244. The van der Waals surface area contributed by atoms with Gasteiger partial charge in [-0.15, -0.1) is 12.4 Å². The summed E-state index contributed by atoms with van der Waals surface area (Å²) in [4.78, 5) is 14.7. The van der Waals surface area contributed by atoms with Gasteiger partial charge in [0.25, 0.3) is 0 Å². The Morgan fingerprint density at radius 2 is 2.16 bits per heavy atom. The van der Waals surface area contributed by atoms with Gasteiger partial charge in [0.15, 0.2) is 0 Å². The number of carbonyl (C=O) groups excluding carboxylic acids is 1. The Bertz CT molecular complexity index is 568. The van der Waals surface area contributed by atoms with Crippen LogP contribution in [0.4, 0.5) is 4.39 Å². The maximum absolute atomic E-state index is 13.2. The van der Waals surface area contributed by atoms with Crippen LogP contribution in [0.1, 0.15) is 24.8 Å². The Labute approximate surface area is 155 Å². The van der Waals surface area contributed by atoms with Crippen LogP contribution in [0, 0.1) is 17.7 Å². The number of hydrogen-bond acceptors (Lipinski definition) is 3. The third kappa shape index (κ3) is 5.94. The molecule has 2 aliphatic rings. The van der Waals surface area contributed by atoms with Gasteiger partial charge in [0.05, 0.1) is 6.61 Å². The van der Waals surface area contributed by atoms with Crippen LogP contribution in [0.15, 0.2) is 24.3 Å². The van der Waals surface area contributed by atoms with Gasteiger partial charge >= 0.3 is 0 Å². The van der Waals surface area contributed by atoms with E-state index in [0.29, 0.717) is 18.8 Å². The summed E-state index contributed by atoms with van der Waals surface area (Å²) in [6, 6.07) is 6.73. The summed E-state index contributed by atoms with van der Waals surface area (Å²) in [6.45, 7) is 3.63. The third-order valence-corrected chi connectivity index (χ3v) is 5.16. The van der Waals surface area contributed by atoms with E-state index in [2.05, 4.69) is 10.2 Å². The van der Waals surface area contributed by atoms with Crippen LogP contribution in [-0.4, -0.2) is 50.2 Å². The minimum absolute atomic E-state index is 0. The summed E-state index contributed by atoms with van der Waals surface area (Å²) in [7, 11) is 1.72. The summed E-state index contributed by atoms with van der Waals surface area (Å²) < 4.78 is 18.4. The second kappa shape index (κ2) is 9.51. The van der Waals surface area contributed by atoms with E-state index in [1.807, 2.05) is 6.07 Å². The number of rotatable bonds is 8. The maximum atomic E-state index is 13.2. The summed E-state index contributed by atoms with van der Waals surface area (Å²) in [5.74, 6) is 1.17. The first-order valence-corrected chi connectivity index (χ1v) is 8.91. The molecule has 0 aromatic heterocycles. The van der Waals surface area contributed by atoms with Crippen LogP contribution >= 0.6 is 12.4 Å². The molecule has 2 atom stereocenters. The van der Waals surface area contributed by atoms with Crippen LogP contribution in [-0.2, 0) is 16.0 Å². The highest BCUT2D eigenvalue weighted by Crippen LogP contribution is 2.41. The smallest absolute Gasteiger partial charge is 0.220 e. The molecule has 1 saturated carbocycles. The van der Waals surface area contributed by atoms with Gasteiger partial charge in [-0.1, -0.05) is 12.1 Å². The zero-order valence-corrected chi connectivity index (χ0v) is 15.6. The number of hydrogen-bond donors (Lipinski definition) is 1. The molecule has 1 aliphatic carbocycles. The molecule has 1 aromatic carbocycles. The Balaban J connectivity index is 0.00000225. The Morgan fingerprint density at radius 1 is 1.36 bits per heavy atom. The van der Waals surface area contributed by atoms with Crippen LogP contribution in [0.5, 0.6) is 0 Å². The lowest BCUT2D eigenvalue weighted by molar-refractivity contribution is -0.122. The highest BCUT2D eigenvalue weighted by atomic mass is 35.5. The van der Waals surface area contributed by atoms with Gasteiger partial charge in [0, 0.05) is 39.2 Å². The molecule has 3 rings (SSSR count). The number of aryl methyl sites for hydroxylation is 1. The molecule has 1 amide bonds. The van der Waals surface area contributed by atoms with Crippen molar-refractivity contribution in [3.8, 4) is 0 Å². The van der Waals surface area contributed by atoms with Gasteiger partial charge in [0.2, 0.25) is 5.91 Å². The molecule has 4 nitrogen and oxygen atoms in total. The first-order valence-electron chi connectivity index (χ1n) is 8.91. The van der Waals surface area contributed by atoms with E-state index in [4.69, 9.17) is 4.74 Å². The Morgan fingerprint density at radius 3 is 2.84 bits per heavy atom. The number of nitrogens with one attached hydrogen (secondary N) is 1. The number of methoxy groups -OCH3 is 1. The largest absolute Gasteiger partial charge is 0.383 e. The van der Waals surface area contributed by atoms with Crippen molar-refractivity contribution in [2.24, 2.45) is 11.8 Å². The molecule has 1 aromatic rings. The molecule has 6 heteroatoms. The van der Waals surface area contributed by atoms with E-state index in [1.54, 1.807) is 13.2 Å². The number of nitrogens with zero attached hydrogens (tertiary/aromatic N) is 1. The fourth-order valence-electron chi connectivity index (χ4n) is 3.70. The van der Waals surface area contributed by atoms with Crippen LogP contribution in [0.25, 0.3) is 0 Å². The predicted molar refractivity (Wildman–Crippen MR) is 98.4 cm³/mol. The van der Waals surface area contributed by atoms with Crippen molar-refractivity contribution in [3.05, 3.63) is 35.6 Å². The number of carbonyl (C=O) groups is 1. The number of halogens is 2. The minimum Gasteiger partial charge on any atom is -0.383 e. The maximum Gasteiger partial charge on any atom is 0.220 e. The molecular weight excluding hydrogens is 343 g/mol. The molecule has 1 N–H and O–H groups in total. The zero-order chi connectivity index (χ0) is 16.9. The lowest BCUT2D eigenvalue weighted by Crippen LogP contribution is -2.41. The van der Waals surface area contributed by atoms with Crippen molar-refractivity contribution in [3.63, 3.8) is 0 Å². The molecule has 0 bridgehead atoms. The van der Waals surface area contributed by atoms with E-state index < -0.39 is 0 Å². The lowest BCUT2D eigenvalue weighted by Gasteiger charge is -2.19. The molecule has 1 heterocycles. The van der Waals surface area contributed by atoms with Crippen LogP contribution in [0.2, 0.25) is 0 Å². The Hall–Kier alpha value is -1.17. The molecule has 0 radical (unpaired) electrons. The third-order valence-electron chi connectivity index (χ3n) is 5.16. The van der Waals surface area contributed by atoms with Crippen molar-refractivity contribution >= 4 is 18.3 Å². The highest BCUT2D eigenvalue weighted by Gasteiger charge is 2.42. The van der Waals surface area contributed by atoms with Crippen molar-refractivity contribution in [2.45, 2.75) is 31.7 Å². The quantitative estimate of drug-likeness (QED) is 0.765. The lowest BCUT2D eigenvalue weighted by atomic mass is 9.98. The molecule has 140 valence electrons. The summed E-state index contributed by atoms with van der Waals surface area (Å²) in [5.41, 5.74) is 0.872. The molecule has 0 unspecified atom stereocenters. The van der Waals surface area contributed by atoms with E-state index in [1.165, 1.54) is 25.0 Å². The zero-order valence-electron chi connectivity index (χ0n) is 14.7. The summed E-state index contributed by atoms with van der Waals surface area (Å²) in [5, 5.41) is 3.23. The Kier molecular flexibility index (Phi) is 7.66. The standard InChI is InChI=1S/C19H27FN2O2.ClH/c1-24-10-9-22-12-17(15-6-7-15)18(13-22)21-19(23)8-5-14-3-2-4-16(20)11-14;/h2-4,11,15,17-18H,5-10,12-13H2,1H3,(H,21,23);1H/t17-,18+;/m1./s1. The van der Waals surface area contributed by atoms with Gasteiger partial charge < -0.3 is 10.1 Å². The predicted octanol–water partition coefficient (Wildman–Crippen LogP) is 2.65. The molecule has 1 saturated heterocycles. The normalized spacial score (nSPS) is 23.3. The average molecular weight is 371 g/mol. The molecule has 2 fully saturated rings. The summed E-state index contributed by atoms with van der Waals surface area (Å²) >= 11 is 0. The number of amides is 1. The molecule has 1 aliphatic heterocycles. The SMILES string of the molecule is COCCN1C[C@H](NC(=O)CCc2cccc(F)c2)[C@@H](C2CC2)C1.Cl. The van der Waals surface area contributed by atoms with E-state index in [0.717, 1.165) is 37.7 Å². The average Bonchev–Trinajstić information content (AvgIpc) is 3.33. The molecule has 25 heavy (non-hydrogen) atoms. The van der Waals surface area contributed by atoms with Gasteiger partial charge in [-0.3, -0.25) is 9.69 Å². The molecular formula is C19H28ClFN2O2. The van der Waals surface area contributed by atoms with Crippen LogP contribution in [0.3, 0.4) is 0 Å². The monoisotopic (exact) mass is 370 g/mol. The van der Waals surface area contributed by atoms with Crippen molar-refractivity contribution < 1.29 is 13.9 Å². The second-order valence-corrected chi connectivity index (χ2v) is 7.06. The number of ether oxygens (including phenoxy) is 1. The number of likely N-dealkylation sites (tertiary alicyclic amines) is 1. The topological polar surface area (TPSA) is 41.6 Å². The highest BCUT2D eigenvalue weighted by molar-refractivity contribution is 5.85. The van der Waals surface area contributed by atoms with Crippen LogP contribution < -0.4 is 5.32 Å². The molecule has 0 spiro atoms. The first kappa shape index (κ1) is 20.1. The van der Waals surface area contributed by atoms with Gasteiger partial charge in [-0.05, 0) is 48.8 Å². The fourth-order valence-corrected chi connectivity index (χ4v) is 3.70. The first-order chi connectivity index (χ1) is 11.7. The van der Waals surface area contributed by atoms with Gasteiger partial charge in [-0.2, -0.15) is 0 Å². The van der Waals surface area contributed by atoms with E-state index >= 15 is 0 Å². The van der Waals surface area contributed by atoms with Gasteiger partial charge in [-0.25, -0.2) is 4.39 Å². The fraction of sp³-hybridized carbons (Fsp3) is 0.632. The second-order valence-electron chi connectivity index (χ2n) is 7.06. The van der Waals surface area contributed by atoms with E-state index in [9.17, 15) is 9.18 Å². The van der Waals surface area contributed by atoms with Crippen molar-refractivity contribution in [2.75, 3.05) is 33.4 Å². The summed E-state index contributed by atoms with van der Waals surface area (Å²) in [6.07, 6.45) is 3.57. The van der Waals surface area contributed by atoms with Gasteiger partial charge in [0.1, 0.15) is 5.82 Å². The van der Waals surface area contributed by atoms with Crippen molar-refractivity contribution in [1.29, 1.82) is 0 Å².